The van der Waals surface area contributed by atoms with Gasteiger partial charge in [-0.25, -0.2) is 4.79 Å². The Hall–Kier alpha value is -1.51. The molecule has 0 unspecified atom stereocenters. The highest BCUT2D eigenvalue weighted by Gasteiger charge is 2.09. The lowest BCUT2D eigenvalue weighted by Gasteiger charge is -2.23. The van der Waals surface area contributed by atoms with Gasteiger partial charge in [0.05, 0.1) is 5.56 Å². The minimum atomic E-state index is -0.872. The SMILES string of the molecule is CCN(CC)c1cc(C(=O)O)ccc1C. The lowest BCUT2D eigenvalue weighted by molar-refractivity contribution is 0.0697. The summed E-state index contributed by atoms with van der Waals surface area (Å²) in [7, 11) is 0. The van der Waals surface area contributed by atoms with Crippen LogP contribution in [0.3, 0.4) is 0 Å². The Morgan fingerprint density at radius 1 is 1.33 bits per heavy atom. The van der Waals surface area contributed by atoms with Gasteiger partial charge in [-0.2, -0.15) is 0 Å². The molecule has 1 aromatic rings. The van der Waals surface area contributed by atoms with Crippen LogP contribution in [0.2, 0.25) is 0 Å². The molecule has 1 rings (SSSR count). The van der Waals surface area contributed by atoms with Crippen molar-refractivity contribution in [3.05, 3.63) is 29.3 Å². The standard InChI is InChI=1S/C12H17NO2/c1-4-13(5-2)11-8-10(12(14)15)7-6-9(11)3/h6-8H,4-5H2,1-3H3,(H,14,15). The number of rotatable bonds is 4. The van der Waals surface area contributed by atoms with E-state index in [1.165, 1.54) is 0 Å². The van der Waals surface area contributed by atoms with Crippen molar-refractivity contribution in [3.8, 4) is 0 Å². The number of anilines is 1. The van der Waals surface area contributed by atoms with E-state index in [1.807, 2.05) is 13.0 Å². The third-order valence-electron chi connectivity index (χ3n) is 2.56. The van der Waals surface area contributed by atoms with Gasteiger partial charge in [-0.05, 0) is 38.5 Å². The Kier molecular flexibility index (Phi) is 3.72. The van der Waals surface area contributed by atoms with Crippen molar-refractivity contribution in [2.45, 2.75) is 20.8 Å². The molecule has 82 valence electrons. The lowest BCUT2D eigenvalue weighted by atomic mass is 10.1. The minimum Gasteiger partial charge on any atom is -0.478 e. The summed E-state index contributed by atoms with van der Waals surface area (Å²) in [5, 5.41) is 8.91. The van der Waals surface area contributed by atoms with Crippen molar-refractivity contribution in [1.82, 2.24) is 0 Å². The van der Waals surface area contributed by atoms with Crippen molar-refractivity contribution >= 4 is 11.7 Å². The van der Waals surface area contributed by atoms with Crippen LogP contribution in [0.4, 0.5) is 5.69 Å². The first-order valence-electron chi connectivity index (χ1n) is 5.19. The number of carboxylic acid groups (broad SMARTS) is 1. The Balaban J connectivity index is 3.15. The van der Waals surface area contributed by atoms with Gasteiger partial charge in [0, 0.05) is 18.8 Å². The maximum Gasteiger partial charge on any atom is 0.335 e. The predicted molar refractivity (Wildman–Crippen MR) is 61.7 cm³/mol. The molecule has 0 aliphatic rings. The number of aromatic carboxylic acids is 1. The second-order valence-corrected chi connectivity index (χ2v) is 3.48. The maximum atomic E-state index is 10.8. The zero-order valence-electron chi connectivity index (χ0n) is 9.45. The summed E-state index contributed by atoms with van der Waals surface area (Å²) < 4.78 is 0. The Labute approximate surface area is 90.3 Å². The molecule has 0 amide bonds. The second-order valence-electron chi connectivity index (χ2n) is 3.48. The van der Waals surface area contributed by atoms with Crippen LogP contribution in [-0.2, 0) is 0 Å². The van der Waals surface area contributed by atoms with E-state index in [1.54, 1.807) is 12.1 Å². The van der Waals surface area contributed by atoms with Gasteiger partial charge in [-0.1, -0.05) is 6.07 Å². The van der Waals surface area contributed by atoms with Gasteiger partial charge in [0.1, 0.15) is 0 Å². The second kappa shape index (κ2) is 4.82. The lowest BCUT2D eigenvalue weighted by Crippen LogP contribution is -2.23. The fraction of sp³-hybridized carbons (Fsp3) is 0.417. The average molecular weight is 207 g/mol. The quantitative estimate of drug-likeness (QED) is 0.824. The number of aryl methyl sites for hydroxylation is 1. The fourth-order valence-electron chi connectivity index (χ4n) is 1.65. The third kappa shape index (κ3) is 2.49. The Morgan fingerprint density at radius 3 is 2.40 bits per heavy atom. The number of carboxylic acids is 1. The van der Waals surface area contributed by atoms with Gasteiger partial charge in [-0.15, -0.1) is 0 Å². The molecule has 0 fully saturated rings. The molecule has 0 saturated heterocycles. The summed E-state index contributed by atoms with van der Waals surface area (Å²) in [6, 6.07) is 5.24. The van der Waals surface area contributed by atoms with Crippen LogP contribution < -0.4 is 4.90 Å². The molecule has 0 aromatic heterocycles. The fourth-order valence-corrected chi connectivity index (χ4v) is 1.65. The minimum absolute atomic E-state index is 0.350. The van der Waals surface area contributed by atoms with Crippen molar-refractivity contribution in [2.24, 2.45) is 0 Å². The van der Waals surface area contributed by atoms with Gasteiger partial charge >= 0.3 is 5.97 Å². The van der Waals surface area contributed by atoms with Crippen LogP contribution in [0.25, 0.3) is 0 Å². The van der Waals surface area contributed by atoms with Gasteiger partial charge < -0.3 is 10.0 Å². The van der Waals surface area contributed by atoms with Gasteiger partial charge in [0.2, 0.25) is 0 Å². The number of hydrogen-bond donors (Lipinski definition) is 1. The van der Waals surface area contributed by atoms with E-state index in [0.29, 0.717) is 5.56 Å². The number of hydrogen-bond acceptors (Lipinski definition) is 2. The molecule has 15 heavy (non-hydrogen) atoms. The highest BCUT2D eigenvalue weighted by molar-refractivity contribution is 5.89. The van der Waals surface area contributed by atoms with Crippen molar-refractivity contribution < 1.29 is 9.90 Å². The highest BCUT2D eigenvalue weighted by Crippen LogP contribution is 2.21. The highest BCUT2D eigenvalue weighted by atomic mass is 16.4. The first kappa shape index (κ1) is 11.6. The summed E-state index contributed by atoms with van der Waals surface area (Å²) in [5.74, 6) is -0.872. The normalized spacial score (nSPS) is 10.1. The van der Waals surface area contributed by atoms with Gasteiger partial charge in [-0.3, -0.25) is 0 Å². The first-order valence-corrected chi connectivity index (χ1v) is 5.19. The van der Waals surface area contributed by atoms with E-state index in [4.69, 9.17) is 5.11 Å². The zero-order chi connectivity index (χ0) is 11.4. The monoisotopic (exact) mass is 207 g/mol. The van der Waals surface area contributed by atoms with Gasteiger partial charge in [0.15, 0.2) is 0 Å². The predicted octanol–water partition coefficient (Wildman–Crippen LogP) is 2.54. The zero-order valence-corrected chi connectivity index (χ0v) is 9.45. The first-order chi connectivity index (χ1) is 7.10. The molecule has 1 aromatic carbocycles. The van der Waals surface area contributed by atoms with Crippen molar-refractivity contribution in [1.29, 1.82) is 0 Å². The van der Waals surface area contributed by atoms with E-state index >= 15 is 0 Å². The average Bonchev–Trinajstić information content (AvgIpc) is 2.22. The van der Waals surface area contributed by atoms with Crippen LogP contribution in [0, 0.1) is 6.92 Å². The molecule has 3 heteroatoms. The van der Waals surface area contributed by atoms with Crippen LogP contribution in [0.1, 0.15) is 29.8 Å². The third-order valence-corrected chi connectivity index (χ3v) is 2.56. The summed E-state index contributed by atoms with van der Waals surface area (Å²) in [4.78, 5) is 13.0. The van der Waals surface area contributed by atoms with Crippen LogP contribution in [-0.4, -0.2) is 24.2 Å². The van der Waals surface area contributed by atoms with E-state index in [9.17, 15) is 4.79 Å². The largest absolute Gasteiger partial charge is 0.478 e. The molecule has 0 heterocycles. The van der Waals surface area contributed by atoms with Crippen molar-refractivity contribution in [3.63, 3.8) is 0 Å². The van der Waals surface area contributed by atoms with E-state index in [-0.39, 0.29) is 0 Å². The number of benzene rings is 1. The number of carbonyl (C=O) groups is 1. The Morgan fingerprint density at radius 2 is 1.93 bits per heavy atom. The molecule has 3 nitrogen and oxygen atoms in total. The molecular weight excluding hydrogens is 190 g/mol. The number of nitrogens with zero attached hydrogens (tertiary/aromatic N) is 1. The molecule has 0 spiro atoms. The van der Waals surface area contributed by atoms with E-state index in [2.05, 4.69) is 18.7 Å². The summed E-state index contributed by atoms with van der Waals surface area (Å²) >= 11 is 0. The molecule has 0 bridgehead atoms. The molecule has 0 saturated carbocycles. The van der Waals surface area contributed by atoms with Crippen LogP contribution in [0.15, 0.2) is 18.2 Å². The smallest absolute Gasteiger partial charge is 0.335 e. The molecule has 0 atom stereocenters. The maximum absolute atomic E-state index is 10.8. The van der Waals surface area contributed by atoms with E-state index in [0.717, 1.165) is 24.3 Å². The summed E-state index contributed by atoms with van der Waals surface area (Å²) in [6.07, 6.45) is 0. The van der Waals surface area contributed by atoms with Crippen molar-refractivity contribution in [2.75, 3.05) is 18.0 Å². The summed E-state index contributed by atoms with van der Waals surface area (Å²) in [5.41, 5.74) is 2.48. The topological polar surface area (TPSA) is 40.5 Å². The van der Waals surface area contributed by atoms with Crippen LogP contribution in [0.5, 0.6) is 0 Å². The molecule has 0 aliphatic carbocycles. The molecule has 0 aliphatic heterocycles. The Bertz CT molecular complexity index is 357. The van der Waals surface area contributed by atoms with Crippen LogP contribution >= 0.6 is 0 Å². The molecule has 1 N–H and O–H groups in total. The summed E-state index contributed by atoms with van der Waals surface area (Å²) in [6.45, 7) is 7.91. The molecular formula is C12H17NO2. The molecule has 0 radical (unpaired) electrons. The van der Waals surface area contributed by atoms with Gasteiger partial charge in [0.25, 0.3) is 0 Å². The van der Waals surface area contributed by atoms with E-state index < -0.39 is 5.97 Å².